The molecule has 36 heavy (non-hydrogen) atoms. The summed E-state index contributed by atoms with van der Waals surface area (Å²) in [6.07, 6.45) is 6.69. The van der Waals surface area contributed by atoms with Crippen LogP contribution in [0.25, 0.3) is 16.8 Å². The number of aryl methyl sites for hydroxylation is 1. The van der Waals surface area contributed by atoms with Crippen LogP contribution in [0.1, 0.15) is 47.7 Å². The second-order valence-electron chi connectivity index (χ2n) is 8.58. The molecule has 0 unspecified atom stereocenters. The highest BCUT2D eigenvalue weighted by Crippen LogP contribution is 2.37. The standard InChI is InChI=1S/C27H25N7O2/c1-3-7-22(35)33-14-6-9-21(33)26-32-23(24-25(28)30-13-15-34(24)26)18-10-11-19(17(2)16-18)31-27(36)20-8-4-5-12-29-20/h4-5,8,10-13,15-16,21H,6,9,14H2,1-2H3,(H2,28,30)(H,31,36)/t21-/m0/s1. The number of imidazole rings is 1. The van der Waals surface area contributed by atoms with Crippen LogP contribution < -0.4 is 11.1 Å². The summed E-state index contributed by atoms with van der Waals surface area (Å²) in [5.41, 5.74) is 10.4. The number of benzene rings is 1. The first-order valence-corrected chi connectivity index (χ1v) is 11.7. The van der Waals surface area contributed by atoms with Crippen LogP contribution in [0, 0.1) is 18.8 Å². The van der Waals surface area contributed by atoms with Crippen molar-refractivity contribution in [2.75, 3.05) is 17.6 Å². The molecular formula is C27H25N7O2. The Labute approximate surface area is 208 Å². The number of hydrogen-bond donors (Lipinski definition) is 2. The fraction of sp³-hybridized carbons (Fsp3) is 0.222. The quantitative estimate of drug-likeness (QED) is 0.432. The summed E-state index contributed by atoms with van der Waals surface area (Å²) in [6, 6.07) is 10.7. The van der Waals surface area contributed by atoms with Crippen molar-refractivity contribution >= 4 is 28.8 Å². The number of nitrogens with two attached hydrogens (primary N) is 1. The van der Waals surface area contributed by atoms with Gasteiger partial charge in [0.05, 0.1) is 6.04 Å². The van der Waals surface area contributed by atoms with Crippen LogP contribution in [0.2, 0.25) is 0 Å². The molecule has 9 heteroatoms. The van der Waals surface area contributed by atoms with Gasteiger partial charge in [0.1, 0.15) is 28.5 Å². The molecule has 0 radical (unpaired) electrons. The van der Waals surface area contributed by atoms with E-state index in [2.05, 4.69) is 27.1 Å². The van der Waals surface area contributed by atoms with Crippen LogP contribution in [-0.2, 0) is 4.79 Å². The smallest absolute Gasteiger partial charge is 0.299 e. The summed E-state index contributed by atoms with van der Waals surface area (Å²) in [6.45, 7) is 4.20. The van der Waals surface area contributed by atoms with Gasteiger partial charge in [0, 0.05) is 36.4 Å². The number of pyridine rings is 1. The van der Waals surface area contributed by atoms with E-state index in [1.165, 1.54) is 0 Å². The van der Waals surface area contributed by atoms with E-state index in [4.69, 9.17) is 10.7 Å². The number of nitrogens with zero attached hydrogens (tertiary/aromatic N) is 5. The monoisotopic (exact) mass is 479 g/mol. The maximum Gasteiger partial charge on any atom is 0.299 e. The highest BCUT2D eigenvalue weighted by molar-refractivity contribution is 6.03. The number of fused-ring (bicyclic) bond motifs is 1. The van der Waals surface area contributed by atoms with Gasteiger partial charge in [-0.05, 0) is 62.4 Å². The number of amides is 2. The van der Waals surface area contributed by atoms with E-state index in [1.807, 2.05) is 35.7 Å². The zero-order chi connectivity index (χ0) is 25.2. The molecule has 2 amide bonds. The molecule has 5 rings (SSSR count). The van der Waals surface area contributed by atoms with Crippen molar-refractivity contribution in [1.29, 1.82) is 0 Å². The first-order chi connectivity index (χ1) is 17.5. The van der Waals surface area contributed by atoms with Crippen molar-refractivity contribution in [1.82, 2.24) is 24.3 Å². The molecule has 0 aliphatic carbocycles. The molecule has 9 nitrogen and oxygen atoms in total. The third-order valence-electron chi connectivity index (χ3n) is 6.30. The average Bonchev–Trinajstić information content (AvgIpc) is 3.52. The molecule has 1 aliphatic heterocycles. The van der Waals surface area contributed by atoms with Gasteiger partial charge in [-0.1, -0.05) is 18.1 Å². The summed E-state index contributed by atoms with van der Waals surface area (Å²) in [7, 11) is 0. The average molecular weight is 480 g/mol. The lowest BCUT2D eigenvalue weighted by molar-refractivity contribution is -0.126. The minimum Gasteiger partial charge on any atom is -0.382 e. The van der Waals surface area contributed by atoms with Crippen LogP contribution in [0.15, 0.2) is 55.0 Å². The van der Waals surface area contributed by atoms with Crippen molar-refractivity contribution < 1.29 is 9.59 Å². The molecule has 0 spiro atoms. The molecule has 180 valence electrons. The van der Waals surface area contributed by atoms with Crippen LogP contribution >= 0.6 is 0 Å². The lowest BCUT2D eigenvalue weighted by Crippen LogP contribution is -2.30. The molecule has 1 atom stereocenters. The van der Waals surface area contributed by atoms with E-state index in [1.54, 1.807) is 42.4 Å². The van der Waals surface area contributed by atoms with Gasteiger partial charge in [0.15, 0.2) is 0 Å². The number of rotatable bonds is 4. The first kappa shape index (κ1) is 23.1. The molecule has 0 bridgehead atoms. The van der Waals surface area contributed by atoms with Crippen LogP contribution in [-0.4, -0.2) is 42.6 Å². The Morgan fingerprint density at radius 3 is 2.78 bits per heavy atom. The Balaban J connectivity index is 1.53. The molecule has 4 heterocycles. The molecule has 4 aromatic rings. The molecule has 1 saturated heterocycles. The number of anilines is 2. The zero-order valence-corrected chi connectivity index (χ0v) is 20.0. The van der Waals surface area contributed by atoms with E-state index in [9.17, 15) is 9.59 Å². The van der Waals surface area contributed by atoms with E-state index < -0.39 is 0 Å². The Bertz CT molecular complexity index is 1530. The van der Waals surface area contributed by atoms with Crippen LogP contribution in [0.3, 0.4) is 0 Å². The van der Waals surface area contributed by atoms with Gasteiger partial charge >= 0.3 is 0 Å². The number of hydrogen-bond acceptors (Lipinski definition) is 6. The molecular weight excluding hydrogens is 454 g/mol. The van der Waals surface area contributed by atoms with Gasteiger partial charge in [0.2, 0.25) is 0 Å². The number of nitrogen functional groups attached to an aromatic ring is 1. The van der Waals surface area contributed by atoms with Crippen molar-refractivity contribution in [2.24, 2.45) is 0 Å². The highest BCUT2D eigenvalue weighted by atomic mass is 16.2. The lowest BCUT2D eigenvalue weighted by Gasteiger charge is -2.21. The third kappa shape index (κ3) is 4.14. The van der Waals surface area contributed by atoms with Crippen molar-refractivity contribution in [3.8, 4) is 23.1 Å². The van der Waals surface area contributed by atoms with E-state index >= 15 is 0 Å². The van der Waals surface area contributed by atoms with Gasteiger partial charge < -0.3 is 16.0 Å². The molecule has 1 fully saturated rings. The van der Waals surface area contributed by atoms with Gasteiger partial charge in [0.25, 0.3) is 11.8 Å². The predicted octanol–water partition coefficient (Wildman–Crippen LogP) is 3.62. The van der Waals surface area contributed by atoms with E-state index in [0.717, 1.165) is 29.8 Å². The van der Waals surface area contributed by atoms with Crippen molar-refractivity contribution in [2.45, 2.75) is 32.7 Å². The largest absolute Gasteiger partial charge is 0.382 e. The first-order valence-electron chi connectivity index (χ1n) is 11.7. The maximum atomic E-state index is 12.6. The molecule has 3 N–H and O–H groups in total. The minimum atomic E-state index is -0.282. The lowest BCUT2D eigenvalue weighted by atomic mass is 10.1. The molecule has 0 saturated carbocycles. The number of carbonyl (C=O) groups excluding carboxylic acids is 2. The summed E-state index contributed by atoms with van der Waals surface area (Å²) in [4.78, 5) is 40.3. The molecule has 1 aromatic carbocycles. The fourth-order valence-electron chi connectivity index (χ4n) is 4.62. The zero-order valence-electron chi connectivity index (χ0n) is 20.0. The molecule has 1 aliphatic rings. The van der Waals surface area contributed by atoms with Crippen LogP contribution in [0.4, 0.5) is 11.5 Å². The number of likely N-dealkylation sites (tertiary alicyclic amines) is 1. The Kier molecular flexibility index (Phi) is 6.09. The Morgan fingerprint density at radius 1 is 1.17 bits per heavy atom. The third-order valence-corrected chi connectivity index (χ3v) is 6.30. The van der Waals surface area contributed by atoms with Crippen molar-refractivity contribution in [3.05, 3.63) is 72.1 Å². The van der Waals surface area contributed by atoms with Crippen molar-refractivity contribution in [3.63, 3.8) is 0 Å². The second-order valence-corrected chi connectivity index (χ2v) is 8.58. The van der Waals surface area contributed by atoms with Gasteiger partial charge in [-0.2, -0.15) is 0 Å². The van der Waals surface area contributed by atoms with Crippen LogP contribution in [0.5, 0.6) is 0 Å². The SMILES string of the molecule is CC#CC(=O)N1CCC[C@H]1c1nc(-c2ccc(NC(=O)c3ccccn3)c(C)c2)c2c(N)nccn12. The van der Waals surface area contributed by atoms with E-state index in [0.29, 0.717) is 35.0 Å². The van der Waals surface area contributed by atoms with Gasteiger partial charge in [-0.25, -0.2) is 9.97 Å². The Hall–Kier alpha value is -4.71. The number of carbonyl (C=O) groups is 2. The number of aromatic nitrogens is 4. The second kappa shape index (κ2) is 9.50. The Morgan fingerprint density at radius 2 is 2.03 bits per heavy atom. The highest BCUT2D eigenvalue weighted by Gasteiger charge is 2.33. The summed E-state index contributed by atoms with van der Waals surface area (Å²) < 4.78 is 1.92. The summed E-state index contributed by atoms with van der Waals surface area (Å²) in [5, 5.41) is 2.91. The number of nitrogens with one attached hydrogen (secondary N) is 1. The topological polar surface area (TPSA) is 119 Å². The molecule has 3 aromatic heterocycles. The summed E-state index contributed by atoms with van der Waals surface area (Å²) in [5.74, 6) is 5.93. The fourth-order valence-corrected chi connectivity index (χ4v) is 4.62. The predicted molar refractivity (Wildman–Crippen MR) is 137 cm³/mol. The normalized spacial score (nSPS) is 14.9. The maximum absolute atomic E-state index is 12.6. The van der Waals surface area contributed by atoms with Gasteiger partial charge in [-0.3, -0.25) is 19.0 Å². The van der Waals surface area contributed by atoms with E-state index in [-0.39, 0.29) is 17.9 Å². The minimum absolute atomic E-state index is 0.204. The van der Waals surface area contributed by atoms with Gasteiger partial charge in [-0.15, -0.1) is 0 Å². The summed E-state index contributed by atoms with van der Waals surface area (Å²) >= 11 is 0.